The van der Waals surface area contributed by atoms with Crippen molar-refractivity contribution in [2.75, 3.05) is 26.3 Å². The smallest absolute Gasteiger partial charge is 0.124 e. The molecule has 3 heteroatoms. The molecule has 0 unspecified atom stereocenters. The molecule has 2 rings (SSSR count). The van der Waals surface area contributed by atoms with Crippen LogP contribution in [0.2, 0.25) is 0 Å². The molecule has 0 aliphatic carbocycles. The Kier molecular flexibility index (Phi) is 4.08. The first-order valence-corrected chi connectivity index (χ1v) is 5.70. The van der Waals surface area contributed by atoms with Crippen LogP contribution in [-0.2, 0) is 22.5 Å². The first kappa shape index (κ1) is 11.3. The lowest BCUT2D eigenvalue weighted by Crippen LogP contribution is -2.35. The van der Waals surface area contributed by atoms with Crippen molar-refractivity contribution in [2.24, 2.45) is 0 Å². The van der Waals surface area contributed by atoms with Crippen molar-refractivity contribution in [1.29, 1.82) is 0 Å². The molecule has 1 aromatic rings. The molecule has 1 aliphatic rings. The number of ether oxygens (including phenoxy) is 1. The fourth-order valence-electron chi connectivity index (χ4n) is 2.00. The molecule has 0 atom stereocenters. The van der Waals surface area contributed by atoms with E-state index in [9.17, 15) is 4.79 Å². The van der Waals surface area contributed by atoms with Gasteiger partial charge in [-0.3, -0.25) is 4.90 Å². The zero-order valence-corrected chi connectivity index (χ0v) is 9.39. The third-order valence-electron chi connectivity index (χ3n) is 2.92. The Morgan fingerprint density at radius 1 is 1.19 bits per heavy atom. The molecule has 1 heterocycles. The number of hydrogen-bond donors (Lipinski definition) is 0. The molecule has 16 heavy (non-hydrogen) atoms. The van der Waals surface area contributed by atoms with Crippen LogP contribution in [0.5, 0.6) is 0 Å². The van der Waals surface area contributed by atoms with Crippen molar-refractivity contribution in [2.45, 2.75) is 13.0 Å². The van der Waals surface area contributed by atoms with Crippen LogP contribution >= 0.6 is 0 Å². The van der Waals surface area contributed by atoms with Gasteiger partial charge in [0, 0.05) is 26.1 Å². The molecule has 0 saturated carbocycles. The summed E-state index contributed by atoms with van der Waals surface area (Å²) in [5.41, 5.74) is 2.40. The number of carbonyl (C=O) groups excluding carboxylic acids is 1. The predicted molar refractivity (Wildman–Crippen MR) is 62.3 cm³/mol. The Bertz CT molecular complexity index is 346. The van der Waals surface area contributed by atoms with Crippen molar-refractivity contribution in [3.63, 3.8) is 0 Å². The van der Waals surface area contributed by atoms with E-state index >= 15 is 0 Å². The zero-order valence-electron chi connectivity index (χ0n) is 9.39. The molecule has 86 valence electrons. The van der Waals surface area contributed by atoms with Gasteiger partial charge in [0.25, 0.3) is 0 Å². The number of rotatable bonds is 4. The summed E-state index contributed by atoms with van der Waals surface area (Å²) in [5, 5.41) is 0. The molecule has 3 nitrogen and oxygen atoms in total. The standard InChI is InChI=1S/C13H17NO2/c15-8-5-12-3-1-2-4-13(12)11-14-6-9-16-10-7-14/h1-4,8H,5-7,9-11H2. The molecule has 1 aliphatic heterocycles. The maximum absolute atomic E-state index is 10.6. The Labute approximate surface area is 96.0 Å². The summed E-state index contributed by atoms with van der Waals surface area (Å²) in [6.45, 7) is 4.52. The van der Waals surface area contributed by atoms with Gasteiger partial charge in [-0.2, -0.15) is 0 Å². The van der Waals surface area contributed by atoms with Gasteiger partial charge in [-0.05, 0) is 11.1 Å². The van der Waals surface area contributed by atoms with E-state index in [4.69, 9.17) is 4.74 Å². The quantitative estimate of drug-likeness (QED) is 0.714. The van der Waals surface area contributed by atoms with Crippen molar-refractivity contribution in [1.82, 2.24) is 4.90 Å². The summed E-state index contributed by atoms with van der Waals surface area (Å²) in [6.07, 6.45) is 1.48. The molecule has 0 radical (unpaired) electrons. The normalized spacial score (nSPS) is 17.2. The number of hydrogen-bond acceptors (Lipinski definition) is 3. The molecular formula is C13H17NO2. The highest BCUT2D eigenvalue weighted by atomic mass is 16.5. The average Bonchev–Trinajstić information content (AvgIpc) is 2.33. The maximum atomic E-state index is 10.6. The fourth-order valence-corrected chi connectivity index (χ4v) is 2.00. The highest BCUT2D eigenvalue weighted by Gasteiger charge is 2.12. The largest absolute Gasteiger partial charge is 0.379 e. The summed E-state index contributed by atoms with van der Waals surface area (Å²) in [7, 11) is 0. The minimum absolute atomic E-state index is 0.514. The van der Waals surface area contributed by atoms with Gasteiger partial charge in [-0.25, -0.2) is 0 Å². The van der Waals surface area contributed by atoms with E-state index in [0.29, 0.717) is 6.42 Å². The van der Waals surface area contributed by atoms with Crippen LogP contribution < -0.4 is 0 Å². The third kappa shape index (κ3) is 2.90. The predicted octanol–water partition coefficient (Wildman–Crippen LogP) is 1.26. The third-order valence-corrected chi connectivity index (χ3v) is 2.92. The molecular weight excluding hydrogens is 202 g/mol. The van der Waals surface area contributed by atoms with Crippen molar-refractivity contribution < 1.29 is 9.53 Å². The Balaban J connectivity index is 2.04. The SMILES string of the molecule is O=CCc1ccccc1CN1CCOCC1. The molecule has 0 aromatic heterocycles. The second-order valence-electron chi connectivity index (χ2n) is 4.03. The van der Waals surface area contributed by atoms with E-state index in [1.54, 1.807) is 0 Å². The van der Waals surface area contributed by atoms with Gasteiger partial charge in [-0.15, -0.1) is 0 Å². The summed E-state index contributed by atoms with van der Waals surface area (Å²) in [4.78, 5) is 13.0. The summed E-state index contributed by atoms with van der Waals surface area (Å²) >= 11 is 0. The van der Waals surface area contributed by atoms with E-state index in [1.807, 2.05) is 18.2 Å². The molecule has 0 spiro atoms. The van der Waals surface area contributed by atoms with Gasteiger partial charge in [-0.1, -0.05) is 24.3 Å². The van der Waals surface area contributed by atoms with Crippen LogP contribution in [0.4, 0.5) is 0 Å². The summed E-state index contributed by atoms with van der Waals surface area (Å²) in [6, 6.07) is 8.16. The van der Waals surface area contributed by atoms with Crippen molar-refractivity contribution >= 4 is 6.29 Å². The molecule has 0 bridgehead atoms. The molecule has 1 saturated heterocycles. The van der Waals surface area contributed by atoms with Crippen LogP contribution in [0.3, 0.4) is 0 Å². The first-order chi connectivity index (χ1) is 7.90. The zero-order chi connectivity index (χ0) is 11.2. The van der Waals surface area contributed by atoms with E-state index in [0.717, 1.165) is 44.7 Å². The van der Waals surface area contributed by atoms with Crippen LogP contribution in [-0.4, -0.2) is 37.5 Å². The minimum atomic E-state index is 0.514. The second kappa shape index (κ2) is 5.77. The summed E-state index contributed by atoms with van der Waals surface area (Å²) in [5.74, 6) is 0. The van der Waals surface area contributed by atoms with E-state index in [-0.39, 0.29) is 0 Å². The molecule has 0 amide bonds. The molecule has 1 fully saturated rings. The van der Waals surface area contributed by atoms with Gasteiger partial charge in [0.15, 0.2) is 0 Å². The number of nitrogens with zero attached hydrogens (tertiary/aromatic N) is 1. The molecule has 0 N–H and O–H groups in total. The highest BCUT2D eigenvalue weighted by molar-refractivity contribution is 5.56. The number of benzene rings is 1. The Morgan fingerprint density at radius 2 is 1.88 bits per heavy atom. The minimum Gasteiger partial charge on any atom is -0.379 e. The number of carbonyl (C=O) groups is 1. The van der Waals surface area contributed by atoms with Gasteiger partial charge in [0.2, 0.25) is 0 Å². The maximum Gasteiger partial charge on any atom is 0.124 e. The van der Waals surface area contributed by atoms with Crippen molar-refractivity contribution in [3.05, 3.63) is 35.4 Å². The Morgan fingerprint density at radius 3 is 2.56 bits per heavy atom. The summed E-state index contributed by atoms with van der Waals surface area (Å²) < 4.78 is 5.32. The number of morpholine rings is 1. The lowest BCUT2D eigenvalue weighted by Gasteiger charge is -2.27. The average molecular weight is 219 g/mol. The second-order valence-corrected chi connectivity index (χ2v) is 4.03. The van der Waals surface area contributed by atoms with Gasteiger partial charge >= 0.3 is 0 Å². The van der Waals surface area contributed by atoms with Crippen LogP contribution in [0, 0.1) is 0 Å². The topological polar surface area (TPSA) is 29.5 Å². The lowest BCUT2D eigenvalue weighted by atomic mass is 10.0. The van der Waals surface area contributed by atoms with E-state index in [2.05, 4.69) is 11.0 Å². The van der Waals surface area contributed by atoms with Crippen LogP contribution in [0.1, 0.15) is 11.1 Å². The number of aldehydes is 1. The lowest BCUT2D eigenvalue weighted by molar-refractivity contribution is -0.107. The Hall–Kier alpha value is -1.19. The fraction of sp³-hybridized carbons (Fsp3) is 0.462. The van der Waals surface area contributed by atoms with Crippen LogP contribution in [0.15, 0.2) is 24.3 Å². The van der Waals surface area contributed by atoms with E-state index in [1.165, 1.54) is 5.56 Å². The van der Waals surface area contributed by atoms with Gasteiger partial charge < -0.3 is 9.53 Å². The van der Waals surface area contributed by atoms with Gasteiger partial charge in [0.1, 0.15) is 6.29 Å². The highest BCUT2D eigenvalue weighted by Crippen LogP contribution is 2.12. The monoisotopic (exact) mass is 219 g/mol. The van der Waals surface area contributed by atoms with Crippen LogP contribution in [0.25, 0.3) is 0 Å². The van der Waals surface area contributed by atoms with Crippen molar-refractivity contribution in [3.8, 4) is 0 Å². The molecule has 1 aromatic carbocycles. The van der Waals surface area contributed by atoms with Gasteiger partial charge in [0.05, 0.1) is 13.2 Å². The van der Waals surface area contributed by atoms with E-state index < -0.39 is 0 Å². The first-order valence-electron chi connectivity index (χ1n) is 5.70.